The third-order valence-corrected chi connectivity index (χ3v) is 3.56. The number of carbonyl (C=O) groups excluding carboxylic acids is 1. The van der Waals surface area contributed by atoms with Crippen LogP contribution in [0, 0.1) is 11.6 Å². The highest BCUT2D eigenvalue weighted by Crippen LogP contribution is 2.18. The van der Waals surface area contributed by atoms with Crippen LogP contribution in [0.15, 0.2) is 18.2 Å². The van der Waals surface area contributed by atoms with Crippen LogP contribution in [0.25, 0.3) is 0 Å². The number of hydrogen-bond donors (Lipinski definition) is 1. The average molecular weight is 298 g/mol. The monoisotopic (exact) mass is 298 g/mol. The van der Waals surface area contributed by atoms with Crippen molar-refractivity contribution in [1.29, 1.82) is 0 Å². The standard InChI is InChI=1S/C15H20F2N2O2/c1-9-7-19(8-10(2)21-9)11(3)15(20)18-14-6-12(16)4-5-13(14)17/h4-6,9-11H,7-8H2,1-3H3,(H,18,20)/t9-,10-,11+/m1/s1. The largest absolute Gasteiger partial charge is 0.373 e. The summed E-state index contributed by atoms with van der Waals surface area (Å²) in [5, 5.41) is 2.44. The molecule has 1 aromatic rings. The van der Waals surface area contributed by atoms with Gasteiger partial charge in [0, 0.05) is 19.2 Å². The number of carbonyl (C=O) groups is 1. The van der Waals surface area contributed by atoms with Gasteiger partial charge in [0.05, 0.1) is 23.9 Å². The quantitative estimate of drug-likeness (QED) is 0.931. The van der Waals surface area contributed by atoms with Gasteiger partial charge < -0.3 is 10.1 Å². The van der Waals surface area contributed by atoms with Gasteiger partial charge in [0.1, 0.15) is 11.6 Å². The SMILES string of the molecule is C[C@@H]1CN([C@@H](C)C(=O)Nc2cc(F)ccc2F)C[C@@H](C)O1. The van der Waals surface area contributed by atoms with Crippen molar-refractivity contribution in [3.05, 3.63) is 29.8 Å². The summed E-state index contributed by atoms with van der Waals surface area (Å²) in [6, 6.07) is 2.54. The second-order valence-corrected chi connectivity index (χ2v) is 5.50. The predicted octanol–water partition coefficient (Wildman–Crippen LogP) is 2.40. The summed E-state index contributed by atoms with van der Waals surface area (Å²) in [4.78, 5) is 14.2. The van der Waals surface area contributed by atoms with E-state index in [2.05, 4.69) is 5.32 Å². The van der Waals surface area contributed by atoms with Crippen LogP contribution in [0.3, 0.4) is 0 Å². The maximum Gasteiger partial charge on any atom is 0.241 e. The smallest absolute Gasteiger partial charge is 0.241 e. The molecule has 0 radical (unpaired) electrons. The second-order valence-electron chi connectivity index (χ2n) is 5.50. The van der Waals surface area contributed by atoms with Crippen molar-refractivity contribution in [1.82, 2.24) is 4.90 Å². The Labute approximate surface area is 123 Å². The molecule has 1 saturated heterocycles. The van der Waals surface area contributed by atoms with E-state index in [0.717, 1.165) is 18.2 Å². The lowest BCUT2D eigenvalue weighted by atomic mass is 10.1. The zero-order valence-corrected chi connectivity index (χ0v) is 12.4. The molecule has 0 aliphatic carbocycles. The average Bonchev–Trinajstić information content (AvgIpc) is 2.41. The molecule has 116 valence electrons. The van der Waals surface area contributed by atoms with Crippen molar-refractivity contribution in [2.45, 2.75) is 39.0 Å². The van der Waals surface area contributed by atoms with E-state index in [-0.39, 0.29) is 23.8 Å². The van der Waals surface area contributed by atoms with Crippen LogP contribution in [0.1, 0.15) is 20.8 Å². The summed E-state index contributed by atoms with van der Waals surface area (Å²) in [6.45, 7) is 6.89. The Morgan fingerprint density at radius 2 is 1.95 bits per heavy atom. The molecule has 1 heterocycles. The third-order valence-electron chi connectivity index (χ3n) is 3.56. The summed E-state index contributed by atoms with van der Waals surface area (Å²) >= 11 is 0. The molecule has 0 unspecified atom stereocenters. The van der Waals surface area contributed by atoms with E-state index < -0.39 is 17.7 Å². The number of rotatable bonds is 3. The van der Waals surface area contributed by atoms with Crippen LogP contribution in [0.2, 0.25) is 0 Å². The number of halogens is 2. The Bertz CT molecular complexity index is 514. The molecule has 0 spiro atoms. The molecule has 2 rings (SSSR count). The highest BCUT2D eigenvalue weighted by atomic mass is 19.1. The molecule has 3 atom stereocenters. The first-order valence-corrected chi connectivity index (χ1v) is 7.02. The van der Waals surface area contributed by atoms with Gasteiger partial charge >= 0.3 is 0 Å². The minimum atomic E-state index is -0.652. The van der Waals surface area contributed by atoms with Crippen LogP contribution in [0.4, 0.5) is 14.5 Å². The fourth-order valence-electron chi connectivity index (χ4n) is 2.53. The normalized spacial score (nSPS) is 24.6. The van der Waals surface area contributed by atoms with E-state index in [1.807, 2.05) is 18.7 Å². The number of nitrogens with zero attached hydrogens (tertiary/aromatic N) is 1. The molecule has 0 bridgehead atoms. The number of amides is 1. The Morgan fingerprint density at radius 1 is 1.33 bits per heavy atom. The summed E-state index contributed by atoms with van der Waals surface area (Å²) in [7, 11) is 0. The van der Waals surface area contributed by atoms with Gasteiger partial charge in [0.15, 0.2) is 0 Å². The zero-order valence-electron chi connectivity index (χ0n) is 12.4. The van der Waals surface area contributed by atoms with Crippen molar-refractivity contribution in [2.75, 3.05) is 18.4 Å². The molecular formula is C15H20F2N2O2. The molecule has 1 aliphatic rings. The number of anilines is 1. The molecule has 1 fully saturated rings. The molecule has 1 N–H and O–H groups in total. The van der Waals surface area contributed by atoms with Crippen molar-refractivity contribution < 1.29 is 18.3 Å². The van der Waals surface area contributed by atoms with Gasteiger partial charge in [-0.25, -0.2) is 8.78 Å². The van der Waals surface area contributed by atoms with Crippen LogP contribution >= 0.6 is 0 Å². The maximum atomic E-state index is 13.5. The van der Waals surface area contributed by atoms with E-state index in [0.29, 0.717) is 13.1 Å². The Hall–Kier alpha value is -1.53. The molecule has 4 nitrogen and oxygen atoms in total. The van der Waals surface area contributed by atoms with Gasteiger partial charge in [0.25, 0.3) is 0 Å². The fourth-order valence-corrected chi connectivity index (χ4v) is 2.53. The predicted molar refractivity (Wildman–Crippen MR) is 76.0 cm³/mol. The topological polar surface area (TPSA) is 41.6 Å². The van der Waals surface area contributed by atoms with Crippen LogP contribution in [0.5, 0.6) is 0 Å². The summed E-state index contributed by atoms with van der Waals surface area (Å²) in [5.74, 6) is -1.60. The molecule has 0 saturated carbocycles. The van der Waals surface area contributed by atoms with E-state index in [4.69, 9.17) is 4.74 Å². The van der Waals surface area contributed by atoms with Gasteiger partial charge in [-0.3, -0.25) is 9.69 Å². The van der Waals surface area contributed by atoms with Crippen molar-refractivity contribution in [3.8, 4) is 0 Å². The van der Waals surface area contributed by atoms with Gasteiger partial charge in [0.2, 0.25) is 5.91 Å². The molecular weight excluding hydrogens is 278 g/mol. The fraction of sp³-hybridized carbons (Fsp3) is 0.533. The zero-order chi connectivity index (χ0) is 15.6. The molecule has 1 aromatic carbocycles. The summed E-state index contributed by atoms with van der Waals surface area (Å²) in [5.41, 5.74) is -0.138. The van der Waals surface area contributed by atoms with E-state index in [1.165, 1.54) is 0 Å². The molecule has 21 heavy (non-hydrogen) atoms. The minimum absolute atomic E-state index is 0.0369. The Kier molecular flexibility index (Phi) is 4.90. The van der Waals surface area contributed by atoms with Gasteiger partial charge in [-0.15, -0.1) is 0 Å². The van der Waals surface area contributed by atoms with Gasteiger partial charge in [-0.2, -0.15) is 0 Å². The first-order chi connectivity index (χ1) is 9.86. The molecule has 0 aromatic heterocycles. The van der Waals surface area contributed by atoms with E-state index in [9.17, 15) is 13.6 Å². The first kappa shape index (κ1) is 15.9. The Balaban J connectivity index is 2.04. The lowest BCUT2D eigenvalue weighted by molar-refractivity contribution is -0.126. The Morgan fingerprint density at radius 3 is 2.57 bits per heavy atom. The summed E-state index contributed by atoms with van der Waals surface area (Å²) in [6.07, 6.45) is 0.0739. The van der Waals surface area contributed by atoms with Crippen LogP contribution < -0.4 is 5.32 Å². The maximum absolute atomic E-state index is 13.5. The first-order valence-electron chi connectivity index (χ1n) is 7.02. The number of hydrogen-bond acceptors (Lipinski definition) is 3. The lowest BCUT2D eigenvalue weighted by Gasteiger charge is -2.38. The van der Waals surface area contributed by atoms with Crippen molar-refractivity contribution in [3.63, 3.8) is 0 Å². The molecule has 1 amide bonds. The highest BCUT2D eigenvalue weighted by molar-refractivity contribution is 5.94. The molecule has 1 aliphatic heterocycles. The summed E-state index contributed by atoms with van der Waals surface area (Å²) < 4.78 is 32.3. The van der Waals surface area contributed by atoms with Gasteiger partial charge in [-0.05, 0) is 32.9 Å². The van der Waals surface area contributed by atoms with Crippen molar-refractivity contribution >= 4 is 11.6 Å². The van der Waals surface area contributed by atoms with E-state index >= 15 is 0 Å². The number of ether oxygens (including phenoxy) is 1. The number of benzene rings is 1. The van der Waals surface area contributed by atoms with Crippen molar-refractivity contribution in [2.24, 2.45) is 0 Å². The van der Waals surface area contributed by atoms with Crippen LogP contribution in [-0.4, -0.2) is 42.1 Å². The van der Waals surface area contributed by atoms with Crippen LogP contribution in [-0.2, 0) is 9.53 Å². The number of nitrogens with one attached hydrogen (secondary N) is 1. The lowest BCUT2D eigenvalue weighted by Crippen LogP contribution is -2.52. The number of morpholine rings is 1. The van der Waals surface area contributed by atoms with Gasteiger partial charge in [-0.1, -0.05) is 0 Å². The molecule has 6 heteroatoms. The second kappa shape index (κ2) is 6.49. The third kappa shape index (κ3) is 3.98. The highest BCUT2D eigenvalue weighted by Gasteiger charge is 2.29. The minimum Gasteiger partial charge on any atom is -0.373 e. The van der Waals surface area contributed by atoms with E-state index in [1.54, 1.807) is 6.92 Å².